The average Bonchev–Trinajstić information content (AvgIpc) is 3.03. The third kappa shape index (κ3) is 5.26. The Bertz CT molecular complexity index is 1100. The molecule has 2 aromatic carbocycles. The van der Waals surface area contributed by atoms with Gasteiger partial charge in [-0.3, -0.25) is 19.8 Å². The van der Waals surface area contributed by atoms with Crippen LogP contribution in [0.4, 0.5) is 18.0 Å². The minimum atomic E-state index is -5.34. The molecule has 0 aromatic heterocycles. The fourth-order valence-corrected chi connectivity index (χ4v) is 3.41. The van der Waals surface area contributed by atoms with Gasteiger partial charge in [-0.1, -0.05) is 0 Å². The Labute approximate surface area is 199 Å². The molecule has 0 radical (unpaired) electrons. The summed E-state index contributed by atoms with van der Waals surface area (Å²) >= 11 is 0. The number of benzene rings is 2. The number of hydrogen-bond donors (Lipinski definition) is 2. The van der Waals surface area contributed by atoms with Gasteiger partial charge < -0.3 is 19.5 Å². The first-order chi connectivity index (χ1) is 16.4. The van der Waals surface area contributed by atoms with Crippen molar-refractivity contribution < 1.29 is 41.8 Å². The van der Waals surface area contributed by atoms with Crippen molar-refractivity contribution in [2.45, 2.75) is 38.3 Å². The van der Waals surface area contributed by atoms with Crippen LogP contribution < -0.4 is 24.8 Å². The Morgan fingerprint density at radius 3 is 2.09 bits per heavy atom. The van der Waals surface area contributed by atoms with Gasteiger partial charge in [0, 0.05) is 11.6 Å². The lowest BCUT2D eigenvalue weighted by Crippen LogP contribution is -2.69. The van der Waals surface area contributed by atoms with Crippen molar-refractivity contribution in [2.24, 2.45) is 0 Å². The normalized spacial score (nSPS) is 17.9. The molecule has 0 aliphatic carbocycles. The molecule has 0 spiro atoms. The van der Waals surface area contributed by atoms with Gasteiger partial charge >= 0.3 is 12.2 Å². The first kappa shape index (κ1) is 25.7. The van der Waals surface area contributed by atoms with Crippen LogP contribution in [0.25, 0.3) is 0 Å². The quantitative estimate of drug-likeness (QED) is 0.545. The van der Waals surface area contributed by atoms with E-state index in [2.05, 4.69) is 0 Å². The lowest BCUT2D eigenvalue weighted by Gasteiger charge is -2.30. The number of alkyl halides is 3. The molecule has 188 valence electrons. The number of methoxy groups -OCH3 is 2. The molecule has 1 fully saturated rings. The van der Waals surface area contributed by atoms with Crippen molar-refractivity contribution in [1.29, 1.82) is 0 Å². The highest BCUT2D eigenvalue weighted by molar-refractivity contribution is 6.10. The van der Waals surface area contributed by atoms with E-state index in [1.165, 1.54) is 56.7 Å². The molecule has 1 saturated heterocycles. The molecule has 1 aliphatic heterocycles. The second kappa shape index (κ2) is 9.72. The molecule has 1 unspecified atom stereocenters. The van der Waals surface area contributed by atoms with Gasteiger partial charge in [-0.2, -0.15) is 13.2 Å². The highest BCUT2D eigenvalue weighted by Crippen LogP contribution is 2.35. The number of ether oxygens (including phenoxy) is 3. The van der Waals surface area contributed by atoms with Crippen LogP contribution in [0.5, 0.6) is 17.2 Å². The molecular weight excluding hydrogens is 471 g/mol. The van der Waals surface area contributed by atoms with Gasteiger partial charge in [0.2, 0.25) is 0 Å². The summed E-state index contributed by atoms with van der Waals surface area (Å²) in [6.07, 6.45) is -5.48. The third-order valence-corrected chi connectivity index (χ3v) is 5.07. The number of nitrogens with zero attached hydrogens (tertiary/aromatic N) is 1. The van der Waals surface area contributed by atoms with Crippen molar-refractivity contribution >= 4 is 17.8 Å². The number of nitrogens with one attached hydrogen (secondary N) is 2. The van der Waals surface area contributed by atoms with Gasteiger partial charge in [-0.25, -0.2) is 4.79 Å². The van der Waals surface area contributed by atoms with Crippen molar-refractivity contribution in [3.05, 3.63) is 53.6 Å². The summed E-state index contributed by atoms with van der Waals surface area (Å²) in [5.41, 5.74) is -3.53. The van der Waals surface area contributed by atoms with Crippen molar-refractivity contribution in [3.63, 3.8) is 0 Å². The number of urea groups is 1. The Morgan fingerprint density at radius 1 is 1.03 bits per heavy atom. The van der Waals surface area contributed by atoms with E-state index in [1.54, 1.807) is 24.5 Å². The van der Waals surface area contributed by atoms with E-state index >= 15 is 0 Å². The first-order valence-corrected chi connectivity index (χ1v) is 10.4. The lowest BCUT2D eigenvalue weighted by molar-refractivity contribution is -0.200. The molecule has 3 rings (SSSR count). The molecule has 12 heteroatoms. The molecular formula is C23H24F3N3O6. The molecule has 0 saturated carbocycles. The van der Waals surface area contributed by atoms with Gasteiger partial charge in [0.15, 0.2) is 0 Å². The zero-order chi connectivity index (χ0) is 26.0. The van der Waals surface area contributed by atoms with E-state index in [0.717, 1.165) is 0 Å². The van der Waals surface area contributed by atoms with Crippen LogP contribution >= 0.6 is 0 Å². The summed E-state index contributed by atoms with van der Waals surface area (Å²) in [4.78, 5) is 38.5. The highest BCUT2D eigenvalue weighted by Gasteiger charge is 2.68. The molecule has 9 nitrogen and oxygen atoms in total. The Balaban J connectivity index is 1.88. The number of amides is 4. The predicted molar refractivity (Wildman–Crippen MR) is 117 cm³/mol. The maximum Gasteiger partial charge on any atom is 0.440 e. The van der Waals surface area contributed by atoms with Crippen molar-refractivity contribution in [3.8, 4) is 17.2 Å². The summed E-state index contributed by atoms with van der Waals surface area (Å²) in [5.74, 6) is -1.85. The number of hydrogen-bond acceptors (Lipinski definition) is 6. The highest BCUT2D eigenvalue weighted by atomic mass is 19.4. The Kier molecular flexibility index (Phi) is 7.13. The van der Waals surface area contributed by atoms with E-state index < -0.39 is 36.2 Å². The van der Waals surface area contributed by atoms with Gasteiger partial charge in [0.25, 0.3) is 17.5 Å². The second-order valence-corrected chi connectivity index (χ2v) is 7.94. The van der Waals surface area contributed by atoms with Crippen LogP contribution in [0.2, 0.25) is 0 Å². The standard InChI is InChI=1S/C23H24F3N3O6/c1-13(2)35-16-7-5-15(6-8-16)19(30)27-22(23(24,25)26)20(31)29(21(32)28-22)12-14-9-17(33-3)11-18(10-14)34-4/h5-11,13H,12H2,1-4H3,(H,27,30)(H,28,32). The zero-order valence-corrected chi connectivity index (χ0v) is 19.4. The van der Waals surface area contributed by atoms with E-state index in [0.29, 0.717) is 22.1 Å². The maximum atomic E-state index is 14.1. The van der Waals surface area contributed by atoms with E-state index in [-0.39, 0.29) is 17.2 Å². The van der Waals surface area contributed by atoms with Crippen LogP contribution in [0.1, 0.15) is 29.8 Å². The van der Waals surface area contributed by atoms with Gasteiger partial charge in [0.05, 0.1) is 26.9 Å². The van der Waals surface area contributed by atoms with Crippen LogP contribution in [0, 0.1) is 0 Å². The molecule has 0 bridgehead atoms. The number of carbonyl (C=O) groups excluding carboxylic acids is 3. The Morgan fingerprint density at radius 2 is 1.60 bits per heavy atom. The minimum absolute atomic E-state index is 0.148. The summed E-state index contributed by atoms with van der Waals surface area (Å²) in [7, 11) is 2.75. The van der Waals surface area contributed by atoms with E-state index in [1.807, 2.05) is 0 Å². The van der Waals surface area contributed by atoms with E-state index in [4.69, 9.17) is 14.2 Å². The number of halogens is 3. The summed E-state index contributed by atoms with van der Waals surface area (Å²) < 4.78 is 58.1. The zero-order valence-electron chi connectivity index (χ0n) is 19.4. The fourth-order valence-electron chi connectivity index (χ4n) is 3.41. The molecule has 4 amide bonds. The van der Waals surface area contributed by atoms with Gasteiger partial charge in [-0.15, -0.1) is 0 Å². The number of rotatable bonds is 8. The van der Waals surface area contributed by atoms with Crippen molar-refractivity contribution in [1.82, 2.24) is 15.5 Å². The summed E-state index contributed by atoms with van der Waals surface area (Å²) in [6.45, 7) is 3.05. The fraction of sp³-hybridized carbons (Fsp3) is 0.348. The van der Waals surface area contributed by atoms with Crippen LogP contribution in [0.3, 0.4) is 0 Å². The SMILES string of the molecule is COc1cc(CN2C(=O)NC(NC(=O)c3ccc(OC(C)C)cc3)(C(F)(F)F)C2=O)cc(OC)c1. The second-order valence-electron chi connectivity index (χ2n) is 7.94. The topological polar surface area (TPSA) is 106 Å². The smallest absolute Gasteiger partial charge is 0.440 e. The van der Waals surface area contributed by atoms with Crippen LogP contribution in [0.15, 0.2) is 42.5 Å². The predicted octanol–water partition coefficient (Wildman–Crippen LogP) is 3.23. The molecule has 2 aromatic rings. The first-order valence-electron chi connectivity index (χ1n) is 10.4. The molecule has 1 aliphatic rings. The minimum Gasteiger partial charge on any atom is -0.497 e. The lowest BCUT2D eigenvalue weighted by atomic mass is 10.1. The monoisotopic (exact) mass is 495 g/mol. The number of imide groups is 1. The van der Waals surface area contributed by atoms with Crippen molar-refractivity contribution in [2.75, 3.05) is 14.2 Å². The van der Waals surface area contributed by atoms with E-state index in [9.17, 15) is 27.6 Å². The molecule has 2 N–H and O–H groups in total. The van der Waals surface area contributed by atoms with Gasteiger partial charge in [-0.05, 0) is 55.8 Å². The molecule has 1 heterocycles. The van der Waals surface area contributed by atoms with Crippen LogP contribution in [-0.2, 0) is 11.3 Å². The molecule has 1 atom stereocenters. The number of carbonyl (C=O) groups is 3. The average molecular weight is 495 g/mol. The maximum absolute atomic E-state index is 14.1. The molecule has 35 heavy (non-hydrogen) atoms. The van der Waals surface area contributed by atoms with Crippen LogP contribution in [-0.4, -0.2) is 54.9 Å². The largest absolute Gasteiger partial charge is 0.497 e. The third-order valence-electron chi connectivity index (χ3n) is 5.07. The van der Waals surface area contributed by atoms with Gasteiger partial charge in [0.1, 0.15) is 17.2 Å². The summed E-state index contributed by atoms with van der Waals surface area (Å²) in [5, 5.41) is 3.29. The Hall–Kier alpha value is -3.96. The summed E-state index contributed by atoms with van der Waals surface area (Å²) in [6, 6.07) is 8.39.